The van der Waals surface area contributed by atoms with E-state index < -0.39 is 5.54 Å². The van der Waals surface area contributed by atoms with Crippen molar-refractivity contribution in [3.8, 4) is 0 Å². The molecule has 19 heavy (non-hydrogen) atoms. The van der Waals surface area contributed by atoms with E-state index >= 15 is 0 Å². The van der Waals surface area contributed by atoms with Gasteiger partial charge in [0.15, 0.2) is 0 Å². The first-order valence-corrected chi connectivity index (χ1v) is 7.82. The molecule has 0 radical (unpaired) electrons. The van der Waals surface area contributed by atoms with Gasteiger partial charge in [0.05, 0.1) is 5.54 Å². The van der Waals surface area contributed by atoms with E-state index in [4.69, 9.17) is 0 Å². The van der Waals surface area contributed by atoms with Gasteiger partial charge in [-0.15, -0.1) is 0 Å². The average molecular weight is 280 g/mol. The van der Waals surface area contributed by atoms with Crippen LogP contribution < -0.4 is 5.32 Å². The molecule has 3 nitrogen and oxygen atoms in total. The molecule has 1 saturated heterocycles. The normalized spacial score (nSPS) is 28.2. The summed E-state index contributed by atoms with van der Waals surface area (Å²) in [5.74, 6) is 0.223. The second-order valence-corrected chi connectivity index (χ2v) is 7.56. The van der Waals surface area contributed by atoms with Crippen LogP contribution in [0.4, 0.5) is 0 Å². The van der Waals surface area contributed by atoms with Crippen LogP contribution in [0.15, 0.2) is 16.8 Å². The number of amides is 1. The Morgan fingerprint density at radius 3 is 2.63 bits per heavy atom. The van der Waals surface area contributed by atoms with Gasteiger partial charge in [-0.1, -0.05) is 27.7 Å². The summed E-state index contributed by atoms with van der Waals surface area (Å²) < 4.78 is 0. The fourth-order valence-electron chi connectivity index (χ4n) is 2.50. The maximum Gasteiger partial charge on any atom is 0.244 e. The minimum atomic E-state index is -0.433. The Morgan fingerprint density at radius 2 is 2.16 bits per heavy atom. The largest absolute Gasteiger partial charge is 0.321 e. The van der Waals surface area contributed by atoms with Crippen LogP contribution in [-0.2, 0) is 4.79 Å². The number of hydrogen-bond donors (Lipinski definition) is 1. The molecular formula is C15H24N2OS. The Morgan fingerprint density at radius 1 is 1.47 bits per heavy atom. The molecule has 0 bridgehead atoms. The number of nitrogens with one attached hydrogen (secondary N) is 1. The highest BCUT2D eigenvalue weighted by Gasteiger charge is 2.48. The minimum absolute atomic E-state index is 0.0166. The third kappa shape index (κ3) is 2.84. The van der Waals surface area contributed by atoms with E-state index in [9.17, 15) is 4.79 Å². The third-order valence-electron chi connectivity index (χ3n) is 3.71. The molecule has 2 rings (SSSR count). The molecule has 1 amide bonds. The Balaban J connectivity index is 2.32. The monoisotopic (exact) mass is 280 g/mol. The first kappa shape index (κ1) is 14.5. The zero-order valence-electron chi connectivity index (χ0n) is 12.5. The minimum Gasteiger partial charge on any atom is -0.321 e. The van der Waals surface area contributed by atoms with Crippen LogP contribution in [0.25, 0.3) is 0 Å². The second kappa shape index (κ2) is 4.91. The number of thiophene rings is 1. The molecule has 0 saturated carbocycles. The van der Waals surface area contributed by atoms with E-state index in [1.54, 1.807) is 11.3 Å². The summed E-state index contributed by atoms with van der Waals surface area (Å²) in [5.41, 5.74) is 0.863. The van der Waals surface area contributed by atoms with Crippen LogP contribution in [0.1, 0.15) is 52.8 Å². The van der Waals surface area contributed by atoms with Gasteiger partial charge in [0, 0.05) is 6.54 Å². The lowest BCUT2D eigenvalue weighted by Crippen LogP contribution is -2.43. The summed E-state index contributed by atoms with van der Waals surface area (Å²) in [5, 5.41) is 7.72. The molecule has 1 aromatic rings. The van der Waals surface area contributed by atoms with Gasteiger partial charge in [-0.3, -0.25) is 10.1 Å². The maximum atomic E-state index is 12.7. The first-order chi connectivity index (χ1) is 8.77. The number of nitrogens with zero attached hydrogens (tertiary/aromatic N) is 1. The number of carbonyl (C=O) groups is 1. The Kier molecular flexibility index (Phi) is 3.76. The molecule has 1 N–H and O–H groups in total. The fourth-order valence-corrected chi connectivity index (χ4v) is 3.18. The molecular weight excluding hydrogens is 256 g/mol. The lowest BCUT2D eigenvalue weighted by Gasteiger charge is -2.30. The second-order valence-electron chi connectivity index (χ2n) is 6.78. The molecule has 2 unspecified atom stereocenters. The maximum absolute atomic E-state index is 12.7. The van der Waals surface area contributed by atoms with Crippen LogP contribution in [0.2, 0.25) is 0 Å². The van der Waals surface area contributed by atoms with Crippen LogP contribution in [0.3, 0.4) is 0 Å². The van der Waals surface area contributed by atoms with Gasteiger partial charge in [0.1, 0.15) is 6.17 Å². The molecule has 1 aliphatic heterocycles. The summed E-state index contributed by atoms with van der Waals surface area (Å²) in [4.78, 5) is 14.7. The molecule has 4 heteroatoms. The van der Waals surface area contributed by atoms with Crippen molar-refractivity contribution in [1.29, 1.82) is 0 Å². The van der Waals surface area contributed by atoms with E-state index in [0.29, 0.717) is 0 Å². The van der Waals surface area contributed by atoms with Crippen molar-refractivity contribution in [1.82, 2.24) is 10.2 Å². The van der Waals surface area contributed by atoms with Crippen molar-refractivity contribution < 1.29 is 4.79 Å². The molecule has 0 aromatic carbocycles. The number of carbonyl (C=O) groups excluding carboxylic acids is 1. The van der Waals surface area contributed by atoms with E-state index in [2.05, 4.69) is 49.8 Å². The van der Waals surface area contributed by atoms with Crippen molar-refractivity contribution in [2.75, 3.05) is 6.54 Å². The van der Waals surface area contributed by atoms with Crippen LogP contribution in [0.5, 0.6) is 0 Å². The van der Waals surface area contributed by atoms with Gasteiger partial charge in [0.25, 0.3) is 0 Å². The molecule has 2 atom stereocenters. The van der Waals surface area contributed by atoms with Crippen LogP contribution >= 0.6 is 11.3 Å². The lowest BCUT2D eigenvalue weighted by atomic mass is 9.94. The van der Waals surface area contributed by atoms with E-state index in [-0.39, 0.29) is 17.5 Å². The quantitative estimate of drug-likeness (QED) is 0.920. The highest BCUT2D eigenvalue weighted by atomic mass is 32.1. The van der Waals surface area contributed by atoms with Gasteiger partial charge < -0.3 is 4.90 Å². The van der Waals surface area contributed by atoms with E-state index in [1.165, 1.54) is 5.56 Å². The van der Waals surface area contributed by atoms with Gasteiger partial charge in [-0.2, -0.15) is 11.3 Å². The summed E-state index contributed by atoms with van der Waals surface area (Å²) in [6.07, 6.45) is 0.829. The van der Waals surface area contributed by atoms with Gasteiger partial charge in [-0.25, -0.2) is 0 Å². The van der Waals surface area contributed by atoms with Crippen molar-refractivity contribution >= 4 is 17.2 Å². The Hall–Kier alpha value is -0.870. The molecule has 0 aliphatic carbocycles. The summed E-state index contributed by atoms with van der Waals surface area (Å²) >= 11 is 1.68. The first-order valence-electron chi connectivity index (χ1n) is 6.88. The number of hydrogen-bond acceptors (Lipinski definition) is 3. The van der Waals surface area contributed by atoms with Crippen LogP contribution in [-0.4, -0.2) is 22.9 Å². The van der Waals surface area contributed by atoms with Crippen LogP contribution in [0, 0.1) is 5.41 Å². The molecule has 2 heterocycles. The molecule has 1 aliphatic rings. The van der Waals surface area contributed by atoms with Crippen molar-refractivity contribution in [2.45, 2.75) is 52.7 Å². The van der Waals surface area contributed by atoms with Gasteiger partial charge in [-0.05, 0) is 41.1 Å². The molecule has 106 valence electrons. The van der Waals surface area contributed by atoms with Gasteiger partial charge in [0.2, 0.25) is 5.91 Å². The predicted molar refractivity (Wildman–Crippen MR) is 80.1 cm³/mol. The summed E-state index contributed by atoms with van der Waals surface area (Å²) in [6.45, 7) is 11.4. The highest BCUT2D eigenvalue weighted by molar-refractivity contribution is 7.07. The zero-order chi connectivity index (χ0) is 14.3. The topological polar surface area (TPSA) is 32.3 Å². The van der Waals surface area contributed by atoms with E-state index in [0.717, 1.165) is 13.0 Å². The predicted octanol–water partition coefficient (Wildman–Crippen LogP) is 3.39. The SMILES string of the molecule is CCC1(C)NC(c2ccsc2)N(CC(C)(C)C)C1=O. The third-order valence-corrected chi connectivity index (χ3v) is 4.41. The van der Waals surface area contributed by atoms with Gasteiger partial charge >= 0.3 is 0 Å². The number of rotatable bonds is 3. The Bertz CT molecular complexity index is 449. The fraction of sp³-hybridized carbons (Fsp3) is 0.667. The Labute approximate surface area is 120 Å². The van der Waals surface area contributed by atoms with Crippen molar-refractivity contribution in [3.63, 3.8) is 0 Å². The summed E-state index contributed by atoms with van der Waals surface area (Å²) in [6, 6.07) is 2.10. The summed E-state index contributed by atoms with van der Waals surface area (Å²) in [7, 11) is 0. The standard InChI is InChI=1S/C15H24N2OS/c1-6-15(5)13(18)17(10-14(2,3)4)12(16-15)11-7-8-19-9-11/h7-9,12,16H,6,10H2,1-5H3. The molecule has 0 spiro atoms. The molecule has 1 fully saturated rings. The highest BCUT2D eigenvalue weighted by Crippen LogP contribution is 2.35. The van der Waals surface area contributed by atoms with E-state index in [1.807, 2.05) is 11.8 Å². The zero-order valence-corrected chi connectivity index (χ0v) is 13.3. The van der Waals surface area contributed by atoms with Crippen molar-refractivity contribution in [3.05, 3.63) is 22.4 Å². The molecule has 1 aromatic heterocycles. The smallest absolute Gasteiger partial charge is 0.244 e. The lowest BCUT2D eigenvalue weighted by molar-refractivity contribution is -0.134. The van der Waals surface area contributed by atoms with Crippen molar-refractivity contribution in [2.24, 2.45) is 5.41 Å². The average Bonchev–Trinajstić information content (AvgIpc) is 2.90.